The third-order valence-electron chi connectivity index (χ3n) is 2.55. The summed E-state index contributed by atoms with van der Waals surface area (Å²) in [7, 11) is 0. The topological polar surface area (TPSA) is 42.2 Å². The number of nitrogens with zero attached hydrogens (tertiary/aromatic N) is 2. The van der Waals surface area contributed by atoms with Crippen LogP contribution in [0.3, 0.4) is 0 Å². The zero-order chi connectivity index (χ0) is 9.97. The summed E-state index contributed by atoms with van der Waals surface area (Å²) in [6.45, 7) is 4.11. The third kappa shape index (κ3) is 1.71. The maximum atomic E-state index is 5.86. The number of rotatable bonds is 1. The summed E-state index contributed by atoms with van der Waals surface area (Å²) in [5.74, 6) is 0.913. The number of nitrogen functional groups attached to an aromatic ring is 1. The van der Waals surface area contributed by atoms with Crippen LogP contribution in [0.1, 0.15) is 13.3 Å². The first-order valence-corrected chi connectivity index (χ1v) is 4.88. The van der Waals surface area contributed by atoms with E-state index < -0.39 is 0 Å². The van der Waals surface area contributed by atoms with Crippen molar-refractivity contribution in [1.82, 2.24) is 4.98 Å². The van der Waals surface area contributed by atoms with Crippen LogP contribution in [0, 0.1) is 0 Å². The molecule has 0 aliphatic carbocycles. The van der Waals surface area contributed by atoms with Gasteiger partial charge in [0.05, 0.1) is 5.69 Å². The van der Waals surface area contributed by atoms with Gasteiger partial charge in [0.1, 0.15) is 0 Å². The van der Waals surface area contributed by atoms with Crippen LogP contribution < -0.4 is 10.6 Å². The van der Waals surface area contributed by atoms with Crippen molar-refractivity contribution in [3.05, 3.63) is 30.0 Å². The Morgan fingerprint density at radius 3 is 3.00 bits per heavy atom. The van der Waals surface area contributed by atoms with E-state index in [-0.39, 0.29) is 0 Å². The Bertz CT molecular complexity index is 357. The summed E-state index contributed by atoms with van der Waals surface area (Å²) in [6.07, 6.45) is 5.13. The number of hydrogen-bond acceptors (Lipinski definition) is 3. The highest BCUT2D eigenvalue weighted by Gasteiger charge is 2.12. The van der Waals surface area contributed by atoms with Gasteiger partial charge in [-0.25, -0.2) is 4.98 Å². The Labute approximate surface area is 84.2 Å². The van der Waals surface area contributed by atoms with E-state index in [1.807, 2.05) is 12.1 Å². The molecule has 1 aromatic rings. The van der Waals surface area contributed by atoms with Crippen molar-refractivity contribution in [2.24, 2.45) is 0 Å². The largest absolute Gasteiger partial charge is 0.396 e. The first-order valence-electron chi connectivity index (χ1n) is 4.88. The Hall–Kier alpha value is -1.51. The van der Waals surface area contributed by atoms with E-state index in [4.69, 9.17) is 5.73 Å². The molecule has 1 aliphatic heterocycles. The van der Waals surface area contributed by atoms with Gasteiger partial charge in [-0.3, -0.25) is 0 Å². The van der Waals surface area contributed by atoms with Gasteiger partial charge in [0.25, 0.3) is 0 Å². The molecule has 3 nitrogen and oxygen atoms in total. The number of aromatic nitrogens is 1. The zero-order valence-corrected chi connectivity index (χ0v) is 8.40. The molecule has 14 heavy (non-hydrogen) atoms. The molecule has 0 radical (unpaired) electrons. The molecule has 3 heteroatoms. The van der Waals surface area contributed by atoms with E-state index in [0.29, 0.717) is 0 Å². The molecule has 0 saturated carbocycles. The van der Waals surface area contributed by atoms with E-state index in [2.05, 4.69) is 22.9 Å². The SMILES string of the molecule is CC1=CCN(c2ncccc2N)CC1. The van der Waals surface area contributed by atoms with Crippen LogP contribution in [-0.4, -0.2) is 18.1 Å². The van der Waals surface area contributed by atoms with Gasteiger partial charge >= 0.3 is 0 Å². The number of nitrogens with two attached hydrogens (primary N) is 1. The van der Waals surface area contributed by atoms with Gasteiger partial charge in [-0.15, -0.1) is 0 Å². The summed E-state index contributed by atoms with van der Waals surface area (Å²) in [4.78, 5) is 6.51. The predicted molar refractivity (Wildman–Crippen MR) is 59.2 cm³/mol. The minimum Gasteiger partial charge on any atom is -0.396 e. The van der Waals surface area contributed by atoms with Gasteiger partial charge in [-0.2, -0.15) is 0 Å². The summed E-state index contributed by atoms with van der Waals surface area (Å²) in [5.41, 5.74) is 8.08. The van der Waals surface area contributed by atoms with Crippen molar-refractivity contribution in [2.75, 3.05) is 23.7 Å². The fourth-order valence-corrected chi connectivity index (χ4v) is 1.64. The molecular weight excluding hydrogens is 174 g/mol. The van der Waals surface area contributed by atoms with E-state index in [1.165, 1.54) is 5.57 Å². The lowest BCUT2D eigenvalue weighted by Gasteiger charge is -2.27. The summed E-state index contributed by atoms with van der Waals surface area (Å²) in [6, 6.07) is 3.76. The number of hydrogen-bond donors (Lipinski definition) is 1. The van der Waals surface area contributed by atoms with Crippen molar-refractivity contribution < 1.29 is 0 Å². The normalized spacial score (nSPS) is 16.6. The van der Waals surface area contributed by atoms with Gasteiger partial charge in [0, 0.05) is 19.3 Å². The maximum Gasteiger partial charge on any atom is 0.152 e. The Morgan fingerprint density at radius 2 is 2.36 bits per heavy atom. The Balaban J connectivity index is 2.21. The Kier molecular flexibility index (Phi) is 2.39. The number of pyridine rings is 1. The smallest absolute Gasteiger partial charge is 0.152 e. The highest BCUT2D eigenvalue weighted by molar-refractivity contribution is 5.62. The van der Waals surface area contributed by atoms with Crippen LogP contribution in [-0.2, 0) is 0 Å². The van der Waals surface area contributed by atoms with Crippen molar-refractivity contribution in [3.63, 3.8) is 0 Å². The summed E-state index contributed by atoms with van der Waals surface area (Å²) in [5, 5.41) is 0. The van der Waals surface area contributed by atoms with Gasteiger partial charge in [-0.1, -0.05) is 11.6 Å². The van der Waals surface area contributed by atoms with Crippen molar-refractivity contribution in [3.8, 4) is 0 Å². The molecule has 1 aromatic heterocycles. The maximum absolute atomic E-state index is 5.86. The zero-order valence-electron chi connectivity index (χ0n) is 8.40. The molecule has 0 amide bonds. The molecule has 0 spiro atoms. The first-order chi connectivity index (χ1) is 6.77. The number of anilines is 2. The molecule has 2 N–H and O–H groups in total. The molecule has 2 rings (SSSR count). The molecule has 0 fully saturated rings. The fraction of sp³-hybridized carbons (Fsp3) is 0.364. The van der Waals surface area contributed by atoms with Crippen LogP contribution in [0.4, 0.5) is 11.5 Å². The lowest BCUT2D eigenvalue weighted by atomic mass is 10.1. The lowest BCUT2D eigenvalue weighted by Crippen LogP contribution is -2.29. The lowest BCUT2D eigenvalue weighted by molar-refractivity contribution is 0.777. The standard InChI is InChI=1S/C11H15N3/c1-9-4-7-14(8-5-9)11-10(12)3-2-6-13-11/h2-4,6H,5,7-8,12H2,1H3. The summed E-state index contributed by atoms with van der Waals surface area (Å²) >= 11 is 0. The van der Waals surface area contributed by atoms with E-state index in [1.54, 1.807) is 6.20 Å². The third-order valence-corrected chi connectivity index (χ3v) is 2.55. The highest BCUT2D eigenvalue weighted by Crippen LogP contribution is 2.22. The summed E-state index contributed by atoms with van der Waals surface area (Å²) < 4.78 is 0. The predicted octanol–water partition coefficient (Wildman–Crippen LogP) is 1.82. The van der Waals surface area contributed by atoms with Gasteiger partial charge < -0.3 is 10.6 Å². The van der Waals surface area contributed by atoms with Crippen LogP contribution >= 0.6 is 0 Å². The molecular formula is C11H15N3. The fourth-order valence-electron chi connectivity index (χ4n) is 1.64. The first kappa shape index (κ1) is 9.06. The highest BCUT2D eigenvalue weighted by atomic mass is 15.2. The van der Waals surface area contributed by atoms with Crippen molar-refractivity contribution in [2.45, 2.75) is 13.3 Å². The molecule has 0 saturated heterocycles. The Morgan fingerprint density at radius 1 is 1.50 bits per heavy atom. The molecule has 2 heterocycles. The van der Waals surface area contributed by atoms with Crippen molar-refractivity contribution >= 4 is 11.5 Å². The quantitative estimate of drug-likeness (QED) is 0.685. The molecule has 1 aliphatic rings. The van der Waals surface area contributed by atoms with E-state index in [9.17, 15) is 0 Å². The van der Waals surface area contributed by atoms with Crippen LogP contribution in [0.5, 0.6) is 0 Å². The van der Waals surface area contributed by atoms with Crippen LogP contribution in [0.25, 0.3) is 0 Å². The van der Waals surface area contributed by atoms with Gasteiger partial charge in [-0.05, 0) is 25.5 Å². The van der Waals surface area contributed by atoms with E-state index in [0.717, 1.165) is 31.0 Å². The molecule has 74 valence electrons. The average Bonchev–Trinajstić information content (AvgIpc) is 2.20. The van der Waals surface area contributed by atoms with Crippen molar-refractivity contribution in [1.29, 1.82) is 0 Å². The minimum atomic E-state index is 0.764. The van der Waals surface area contributed by atoms with Gasteiger partial charge in [0.15, 0.2) is 5.82 Å². The average molecular weight is 189 g/mol. The second-order valence-corrected chi connectivity index (χ2v) is 3.66. The molecule has 0 bridgehead atoms. The second kappa shape index (κ2) is 3.70. The minimum absolute atomic E-state index is 0.764. The molecule has 0 aromatic carbocycles. The molecule has 0 unspecified atom stereocenters. The van der Waals surface area contributed by atoms with E-state index >= 15 is 0 Å². The van der Waals surface area contributed by atoms with Crippen LogP contribution in [0.2, 0.25) is 0 Å². The van der Waals surface area contributed by atoms with Crippen LogP contribution in [0.15, 0.2) is 30.0 Å². The van der Waals surface area contributed by atoms with Gasteiger partial charge in [0.2, 0.25) is 0 Å². The second-order valence-electron chi connectivity index (χ2n) is 3.66. The molecule has 0 atom stereocenters. The monoisotopic (exact) mass is 189 g/mol.